The zero-order valence-electron chi connectivity index (χ0n) is 19.3. The zero-order chi connectivity index (χ0) is 24.0. The predicted octanol–water partition coefficient (Wildman–Crippen LogP) is 3.15. The lowest BCUT2D eigenvalue weighted by Crippen LogP contribution is -2.38. The third kappa shape index (κ3) is 3.80. The van der Waals surface area contributed by atoms with Crippen molar-refractivity contribution in [3.8, 4) is 11.3 Å². The van der Waals surface area contributed by atoms with E-state index in [2.05, 4.69) is 14.8 Å². The summed E-state index contributed by atoms with van der Waals surface area (Å²) in [4.78, 5) is 17.9. The number of alkyl halides is 3. The Labute approximate surface area is 196 Å². The summed E-state index contributed by atoms with van der Waals surface area (Å²) in [6.07, 6.45) is -0.959. The molecule has 2 aromatic heterocycles. The molecule has 7 rings (SSSR count). The molecule has 0 unspecified atom stereocenters. The maximum Gasteiger partial charge on any atom is 0.419 e. The number of pyridine rings is 1. The van der Waals surface area contributed by atoms with Crippen molar-refractivity contribution in [3.05, 3.63) is 29.6 Å². The molecule has 2 saturated carbocycles. The predicted molar refractivity (Wildman–Crippen MR) is 121 cm³/mol. The Morgan fingerprint density at radius 1 is 1.09 bits per heavy atom. The number of piperidine rings is 1. The minimum atomic E-state index is -4.58. The fourth-order valence-electron chi connectivity index (χ4n) is 6.25. The Balaban J connectivity index is 1.33. The Kier molecular flexibility index (Phi) is 4.71. The summed E-state index contributed by atoms with van der Waals surface area (Å²) in [5, 5.41) is 10.1. The molecule has 5 heterocycles. The van der Waals surface area contributed by atoms with E-state index >= 15 is 0 Å². The highest BCUT2D eigenvalue weighted by atomic mass is 19.4. The number of hydrogen-bond acceptors (Lipinski definition) is 7. The number of halogens is 3. The highest BCUT2D eigenvalue weighted by Crippen LogP contribution is 2.58. The summed E-state index contributed by atoms with van der Waals surface area (Å²) >= 11 is 0. The number of aromatic nitrogens is 3. The molecule has 3 aliphatic heterocycles. The minimum absolute atomic E-state index is 0.264. The zero-order valence-corrected chi connectivity index (χ0v) is 19.3. The molecule has 2 aliphatic carbocycles. The van der Waals surface area contributed by atoms with Gasteiger partial charge >= 0.3 is 6.18 Å². The lowest BCUT2D eigenvalue weighted by Gasteiger charge is -2.27. The van der Waals surface area contributed by atoms with Gasteiger partial charge in [-0.3, -0.25) is 4.90 Å². The average molecular weight is 475 g/mol. The first-order valence-electron chi connectivity index (χ1n) is 11.9. The van der Waals surface area contributed by atoms with Gasteiger partial charge < -0.3 is 15.7 Å². The van der Waals surface area contributed by atoms with Crippen LogP contribution in [0.5, 0.6) is 0 Å². The van der Waals surface area contributed by atoms with Gasteiger partial charge in [0.2, 0.25) is 5.95 Å². The number of anilines is 2. The number of aliphatic hydroxyl groups is 1. The van der Waals surface area contributed by atoms with Crippen LogP contribution in [0.3, 0.4) is 0 Å². The molecule has 5 aliphatic rings. The summed E-state index contributed by atoms with van der Waals surface area (Å²) < 4.78 is 40.4. The van der Waals surface area contributed by atoms with Crippen molar-refractivity contribution < 1.29 is 18.3 Å². The molecule has 2 aromatic rings. The molecule has 3 N–H and O–H groups in total. The number of nitrogen functional groups attached to an aromatic ring is 1. The summed E-state index contributed by atoms with van der Waals surface area (Å²) in [5.74, 6) is 1.89. The Morgan fingerprint density at radius 2 is 1.79 bits per heavy atom. The average Bonchev–Trinajstić information content (AvgIpc) is 3.10. The highest BCUT2D eigenvalue weighted by molar-refractivity contribution is 5.64. The van der Waals surface area contributed by atoms with E-state index < -0.39 is 23.2 Å². The molecular weight excluding hydrogens is 445 g/mol. The molecule has 10 heteroatoms. The van der Waals surface area contributed by atoms with Crippen LogP contribution in [0.1, 0.15) is 43.9 Å². The van der Waals surface area contributed by atoms with Crippen molar-refractivity contribution >= 4 is 11.8 Å². The molecule has 34 heavy (non-hydrogen) atoms. The van der Waals surface area contributed by atoms with Crippen LogP contribution in [0.25, 0.3) is 11.3 Å². The number of hydrogen-bond donors (Lipinski definition) is 2. The van der Waals surface area contributed by atoms with E-state index in [0.717, 1.165) is 44.2 Å². The molecule has 0 radical (unpaired) electrons. The smallest absolute Gasteiger partial charge is 0.389 e. The van der Waals surface area contributed by atoms with Crippen LogP contribution in [0.2, 0.25) is 0 Å². The first kappa shape index (κ1) is 22.0. The van der Waals surface area contributed by atoms with Crippen molar-refractivity contribution in [2.75, 3.05) is 36.8 Å². The minimum Gasteiger partial charge on any atom is -0.389 e. The third-order valence-corrected chi connectivity index (χ3v) is 7.84. The summed E-state index contributed by atoms with van der Waals surface area (Å²) in [6.45, 7) is 6.94. The van der Waals surface area contributed by atoms with E-state index in [1.165, 1.54) is 6.20 Å². The van der Waals surface area contributed by atoms with Crippen LogP contribution in [-0.4, -0.2) is 62.8 Å². The van der Waals surface area contributed by atoms with Gasteiger partial charge in [-0.2, -0.15) is 13.2 Å². The maximum absolute atomic E-state index is 13.5. The van der Waals surface area contributed by atoms with Crippen molar-refractivity contribution in [3.63, 3.8) is 0 Å². The standard InChI is InChI=1S/C24H29F3N6O/c1-23(2,34)11-32-9-15-16(10-32)20(15)19-6-18(13-5-17(24(25,26)27)21(28)29-7-13)30-22(31-19)33-8-12-3-14(33)4-12/h5-7,12,14-16,20,34H,3-4,8-11H2,1-2H3,(H2,28,29)/t12?,14?,15-,16+,20+. The van der Waals surface area contributed by atoms with Gasteiger partial charge in [0.05, 0.1) is 22.6 Å². The quantitative estimate of drug-likeness (QED) is 0.688. The van der Waals surface area contributed by atoms with Gasteiger partial charge in [-0.05, 0) is 56.6 Å². The molecule has 3 saturated heterocycles. The van der Waals surface area contributed by atoms with Gasteiger partial charge in [0, 0.05) is 49.9 Å². The van der Waals surface area contributed by atoms with Gasteiger partial charge in [0.1, 0.15) is 5.82 Å². The van der Waals surface area contributed by atoms with Crippen LogP contribution in [0.4, 0.5) is 24.9 Å². The van der Waals surface area contributed by atoms with E-state index in [1.807, 2.05) is 19.9 Å². The van der Waals surface area contributed by atoms with Crippen LogP contribution in [-0.2, 0) is 6.18 Å². The lowest BCUT2D eigenvalue weighted by molar-refractivity contribution is -0.137. The molecule has 182 valence electrons. The van der Waals surface area contributed by atoms with Crippen LogP contribution < -0.4 is 10.6 Å². The molecule has 3 atom stereocenters. The highest BCUT2D eigenvalue weighted by Gasteiger charge is 2.57. The van der Waals surface area contributed by atoms with E-state index in [4.69, 9.17) is 15.7 Å². The second kappa shape index (κ2) is 7.27. The Morgan fingerprint density at radius 3 is 2.38 bits per heavy atom. The largest absolute Gasteiger partial charge is 0.419 e. The van der Waals surface area contributed by atoms with E-state index in [1.54, 1.807) is 0 Å². The van der Waals surface area contributed by atoms with E-state index in [0.29, 0.717) is 47.5 Å². The second-order valence-electron chi connectivity index (χ2n) is 11.1. The molecule has 5 fully saturated rings. The van der Waals surface area contributed by atoms with Crippen LogP contribution in [0.15, 0.2) is 18.3 Å². The molecule has 0 amide bonds. The molecular formula is C24H29F3N6O. The monoisotopic (exact) mass is 474 g/mol. The first-order valence-corrected chi connectivity index (χ1v) is 11.9. The van der Waals surface area contributed by atoms with Gasteiger partial charge in [-0.25, -0.2) is 15.0 Å². The Hall–Kier alpha value is -2.46. The Bertz CT molecular complexity index is 1110. The topological polar surface area (TPSA) is 91.4 Å². The number of β-amino-alcohol motifs (C(OH)–C–C–N with tert-alkyl or cyclic N) is 1. The van der Waals surface area contributed by atoms with Crippen molar-refractivity contribution in [2.45, 2.75) is 50.4 Å². The summed E-state index contributed by atoms with van der Waals surface area (Å²) in [7, 11) is 0. The fourth-order valence-corrected chi connectivity index (χ4v) is 6.25. The van der Waals surface area contributed by atoms with Gasteiger partial charge in [0.25, 0.3) is 0 Å². The van der Waals surface area contributed by atoms with Gasteiger partial charge in [-0.1, -0.05) is 0 Å². The van der Waals surface area contributed by atoms with E-state index in [9.17, 15) is 18.3 Å². The number of nitrogens with zero attached hydrogens (tertiary/aromatic N) is 5. The lowest BCUT2D eigenvalue weighted by atomic mass is 9.86. The second-order valence-corrected chi connectivity index (χ2v) is 11.1. The van der Waals surface area contributed by atoms with E-state index in [-0.39, 0.29) is 5.92 Å². The fraction of sp³-hybridized carbons (Fsp3) is 0.625. The van der Waals surface area contributed by atoms with Crippen LogP contribution in [0, 0.1) is 17.8 Å². The summed E-state index contributed by atoms with van der Waals surface area (Å²) in [6, 6.07) is 3.30. The van der Waals surface area contributed by atoms with Crippen molar-refractivity contribution in [2.24, 2.45) is 17.8 Å². The van der Waals surface area contributed by atoms with Crippen molar-refractivity contribution in [1.29, 1.82) is 0 Å². The molecule has 0 aromatic carbocycles. The normalized spacial score (nSPS) is 30.4. The number of rotatable bonds is 5. The molecule has 2 bridgehead atoms. The van der Waals surface area contributed by atoms with Crippen molar-refractivity contribution in [1.82, 2.24) is 19.9 Å². The number of likely N-dealkylation sites (tertiary alicyclic amines) is 1. The molecule has 7 nitrogen and oxygen atoms in total. The first-order chi connectivity index (χ1) is 16.0. The molecule has 0 spiro atoms. The summed E-state index contributed by atoms with van der Waals surface area (Å²) in [5.41, 5.74) is 5.49. The SMILES string of the molecule is CC(C)(O)CN1C[C@@H]2[C@H](C1)[C@H]2c1cc(-c2cnc(N)c(C(F)(F)F)c2)nc(N2CC3CC2C3)n1. The third-order valence-electron chi connectivity index (χ3n) is 7.84. The maximum atomic E-state index is 13.5. The number of fused-ring (bicyclic) bond motifs is 2. The van der Waals surface area contributed by atoms with Gasteiger partial charge in [-0.15, -0.1) is 0 Å². The van der Waals surface area contributed by atoms with Crippen LogP contribution >= 0.6 is 0 Å². The van der Waals surface area contributed by atoms with Gasteiger partial charge in [0.15, 0.2) is 0 Å². The number of nitrogens with two attached hydrogens (primary N) is 1.